The van der Waals surface area contributed by atoms with Gasteiger partial charge >= 0.3 is 0 Å². The van der Waals surface area contributed by atoms with Gasteiger partial charge < -0.3 is 9.88 Å². The van der Waals surface area contributed by atoms with Crippen molar-refractivity contribution >= 4 is 16.6 Å². The van der Waals surface area contributed by atoms with E-state index < -0.39 is 0 Å². The molecule has 2 heterocycles. The van der Waals surface area contributed by atoms with Crippen molar-refractivity contribution in [3.63, 3.8) is 0 Å². The number of hydrogen-bond acceptors (Lipinski definition) is 3. The third-order valence-electron chi connectivity index (χ3n) is 3.47. The minimum Gasteiger partial charge on any atom is -0.347 e. The largest absolute Gasteiger partial charge is 0.347 e. The van der Waals surface area contributed by atoms with E-state index in [-0.39, 0.29) is 10.6 Å². The molecule has 0 fully saturated rings. The van der Waals surface area contributed by atoms with Crippen molar-refractivity contribution in [1.29, 1.82) is 0 Å². The summed E-state index contributed by atoms with van der Waals surface area (Å²) in [5.41, 5.74) is 3.73. The van der Waals surface area contributed by atoms with E-state index in [9.17, 15) is 10.1 Å². The van der Waals surface area contributed by atoms with Crippen molar-refractivity contribution in [2.24, 2.45) is 7.05 Å². The molecule has 0 atom stereocenters. The Morgan fingerprint density at radius 1 is 1.47 bits per heavy atom. The number of aromatic nitrogens is 1. The predicted molar refractivity (Wildman–Crippen MR) is 65.0 cm³/mol. The van der Waals surface area contributed by atoms with E-state index in [4.69, 9.17) is 0 Å². The Labute approximate surface area is 98.2 Å². The third-order valence-corrected chi connectivity index (χ3v) is 3.47. The van der Waals surface area contributed by atoms with Gasteiger partial charge in [-0.05, 0) is 11.6 Å². The van der Waals surface area contributed by atoms with Gasteiger partial charge in [-0.1, -0.05) is 0 Å². The number of nitrogens with one attached hydrogen (secondary N) is 1. The lowest BCUT2D eigenvalue weighted by Gasteiger charge is -2.14. The summed E-state index contributed by atoms with van der Waals surface area (Å²) in [4.78, 5) is 10.5. The molecule has 0 spiro atoms. The van der Waals surface area contributed by atoms with Gasteiger partial charge in [-0.2, -0.15) is 0 Å². The second-order valence-corrected chi connectivity index (χ2v) is 4.37. The van der Waals surface area contributed by atoms with Crippen LogP contribution in [0.2, 0.25) is 0 Å². The molecule has 5 nitrogen and oxygen atoms in total. The van der Waals surface area contributed by atoms with Crippen LogP contribution in [0, 0.1) is 10.1 Å². The molecule has 5 heteroatoms. The number of nitro groups is 1. The molecule has 0 unspecified atom stereocenters. The Hall–Kier alpha value is -1.88. The van der Waals surface area contributed by atoms with Gasteiger partial charge in [0.1, 0.15) is 0 Å². The zero-order chi connectivity index (χ0) is 12.0. The fourth-order valence-electron chi connectivity index (χ4n) is 2.61. The number of fused-ring (bicyclic) bond motifs is 3. The summed E-state index contributed by atoms with van der Waals surface area (Å²) in [7, 11) is 2.03. The van der Waals surface area contributed by atoms with E-state index in [0.717, 1.165) is 30.4 Å². The van der Waals surface area contributed by atoms with Gasteiger partial charge in [-0.25, -0.2) is 0 Å². The highest BCUT2D eigenvalue weighted by Crippen LogP contribution is 2.30. The number of hydrogen-bond donors (Lipinski definition) is 1. The van der Waals surface area contributed by atoms with Crippen LogP contribution in [0.1, 0.15) is 11.3 Å². The van der Waals surface area contributed by atoms with Crippen LogP contribution in [0.5, 0.6) is 0 Å². The van der Waals surface area contributed by atoms with E-state index >= 15 is 0 Å². The Morgan fingerprint density at radius 3 is 3.06 bits per heavy atom. The third kappa shape index (κ3) is 1.43. The summed E-state index contributed by atoms with van der Waals surface area (Å²) in [5, 5.41) is 15.1. The van der Waals surface area contributed by atoms with Crippen LogP contribution in [0.15, 0.2) is 18.2 Å². The smallest absolute Gasteiger partial charge is 0.270 e. The molecule has 2 aromatic rings. The first-order valence-corrected chi connectivity index (χ1v) is 5.64. The zero-order valence-electron chi connectivity index (χ0n) is 9.56. The zero-order valence-corrected chi connectivity index (χ0v) is 9.56. The fourth-order valence-corrected chi connectivity index (χ4v) is 2.61. The van der Waals surface area contributed by atoms with E-state index in [1.807, 2.05) is 13.1 Å². The second-order valence-electron chi connectivity index (χ2n) is 4.37. The summed E-state index contributed by atoms with van der Waals surface area (Å²) in [6.45, 7) is 1.77. The minimum atomic E-state index is -0.338. The molecule has 17 heavy (non-hydrogen) atoms. The van der Waals surface area contributed by atoms with Crippen molar-refractivity contribution in [1.82, 2.24) is 9.88 Å². The molecular weight excluding hydrogens is 218 g/mol. The number of nitro benzene ring substituents is 1. The van der Waals surface area contributed by atoms with Gasteiger partial charge in [0, 0.05) is 55.3 Å². The van der Waals surface area contributed by atoms with Crippen LogP contribution < -0.4 is 5.32 Å². The minimum absolute atomic E-state index is 0.163. The van der Waals surface area contributed by atoms with Gasteiger partial charge in [0.05, 0.1) is 4.92 Å². The molecule has 1 aliphatic rings. The van der Waals surface area contributed by atoms with Crippen LogP contribution in [0.3, 0.4) is 0 Å². The van der Waals surface area contributed by atoms with E-state index in [1.165, 1.54) is 11.3 Å². The van der Waals surface area contributed by atoms with Gasteiger partial charge in [-0.3, -0.25) is 10.1 Å². The molecule has 3 rings (SSSR count). The van der Waals surface area contributed by atoms with Crippen molar-refractivity contribution < 1.29 is 4.92 Å². The average molecular weight is 231 g/mol. The molecule has 1 aromatic heterocycles. The van der Waals surface area contributed by atoms with Gasteiger partial charge in [0.15, 0.2) is 0 Å². The molecular formula is C12H13N3O2. The van der Waals surface area contributed by atoms with Gasteiger partial charge in [0.2, 0.25) is 0 Å². The molecule has 0 bridgehead atoms. The van der Waals surface area contributed by atoms with Crippen molar-refractivity contribution in [3.8, 4) is 0 Å². The molecule has 0 aliphatic carbocycles. The van der Waals surface area contributed by atoms with E-state index in [2.05, 4.69) is 9.88 Å². The number of rotatable bonds is 1. The lowest BCUT2D eigenvalue weighted by atomic mass is 10.1. The second kappa shape index (κ2) is 3.56. The molecule has 0 radical (unpaired) electrons. The SMILES string of the molecule is Cn1c2c(c3cc([N+](=O)[O-])ccc31)CNCC2. The van der Waals surface area contributed by atoms with E-state index in [1.54, 1.807) is 12.1 Å². The lowest BCUT2D eigenvalue weighted by Crippen LogP contribution is -2.24. The first-order valence-electron chi connectivity index (χ1n) is 5.64. The summed E-state index contributed by atoms with van der Waals surface area (Å²) in [6, 6.07) is 5.09. The highest BCUT2D eigenvalue weighted by Gasteiger charge is 2.19. The molecule has 0 amide bonds. The summed E-state index contributed by atoms with van der Waals surface area (Å²) >= 11 is 0. The van der Waals surface area contributed by atoms with Crippen molar-refractivity contribution in [2.45, 2.75) is 13.0 Å². The lowest BCUT2D eigenvalue weighted by molar-refractivity contribution is -0.384. The van der Waals surface area contributed by atoms with Crippen LogP contribution in [-0.2, 0) is 20.0 Å². The molecule has 88 valence electrons. The van der Waals surface area contributed by atoms with Crippen LogP contribution >= 0.6 is 0 Å². The maximum atomic E-state index is 10.8. The predicted octanol–water partition coefficient (Wildman–Crippen LogP) is 1.73. The van der Waals surface area contributed by atoms with Crippen molar-refractivity contribution in [3.05, 3.63) is 39.6 Å². The first-order chi connectivity index (χ1) is 8.18. The van der Waals surface area contributed by atoms with Crippen LogP contribution in [-0.4, -0.2) is 16.0 Å². The first kappa shape index (κ1) is 10.3. The average Bonchev–Trinajstić information content (AvgIpc) is 2.64. The van der Waals surface area contributed by atoms with Crippen molar-refractivity contribution in [2.75, 3.05) is 6.54 Å². The molecule has 1 N–H and O–H groups in total. The maximum absolute atomic E-state index is 10.8. The monoisotopic (exact) mass is 231 g/mol. The Balaban J connectivity index is 2.32. The number of non-ortho nitro benzene ring substituents is 1. The number of benzene rings is 1. The highest BCUT2D eigenvalue weighted by molar-refractivity contribution is 5.87. The topological polar surface area (TPSA) is 60.1 Å². The van der Waals surface area contributed by atoms with Crippen LogP contribution in [0.25, 0.3) is 10.9 Å². The Morgan fingerprint density at radius 2 is 2.29 bits per heavy atom. The highest BCUT2D eigenvalue weighted by atomic mass is 16.6. The van der Waals surface area contributed by atoms with Gasteiger partial charge in [-0.15, -0.1) is 0 Å². The standard InChI is InChI=1S/C12H13N3O2/c1-14-11-3-2-8(15(16)17)6-9(11)10-7-13-5-4-12(10)14/h2-3,6,13H,4-5,7H2,1H3. The number of nitrogens with zero attached hydrogens (tertiary/aromatic N) is 2. The quantitative estimate of drug-likeness (QED) is 0.600. The Kier molecular flexibility index (Phi) is 2.16. The summed E-state index contributed by atoms with van der Waals surface area (Å²) < 4.78 is 2.15. The van der Waals surface area contributed by atoms with Gasteiger partial charge in [0.25, 0.3) is 5.69 Å². The molecule has 1 aromatic carbocycles. The molecule has 1 aliphatic heterocycles. The van der Waals surface area contributed by atoms with Crippen LogP contribution in [0.4, 0.5) is 5.69 Å². The fraction of sp³-hybridized carbons (Fsp3) is 0.333. The Bertz CT molecular complexity index is 616. The summed E-state index contributed by atoms with van der Waals surface area (Å²) in [6.07, 6.45) is 0.980. The normalized spacial score (nSPS) is 14.9. The molecule has 0 saturated heterocycles. The summed E-state index contributed by atoms with van der Waals surface area (Å²) in [5.74, 6) is 0. The number of aryl methyl sites for hydroxylation is 1. The van der Waals surface area contributed by atoms with E-state index in [0.29, 0.717) is 0 Å². The molecule has 0 saturated carbocycles. The maximum Gasteiger partial charge on any atom is 0.270 e.